The van der Waals surface area contributed by atoms with Crippen molar-refractivity contribution in [3.63, 3.8) is 0 Å². The van der Waals surface area contributed by atoms with Crippen molar-refractivity contribution in [2.24, 2.45) is 5.73 Å². The van der Waals surface area contributed by atoms with E-state index >= 15 is 0 Å². The Morgan fingerprint density at radius 2 is 1.91 bits per heavy atom. The summed E-state index contributed by atoms with van der Waals surface area (Å²) in [5.74, 6) is -0.976. The van der Waals surface area contributed by atoms with Crippen LogP contribution in [0, 0.1) is 5.82 Å². The molecular weight excluding hydrogens is 345 g/mol. The Hall–Kier alpha value is -1.23. The summed E-state index contributed by atoms with van der Waals surface area (Å²) in [6.45, 7) is 2.11. The van der Waals surface area contributed by atoms with Gasteiger partial charge in [-0.1, -0.05) is 19.8 Å². The number of benzene rings is 1. The Bertz CT molecular complexity index is 736. The van der Waals surface area contributed by atoms with Crippen molar-refractivity contribution in [3.8, 4) is 0 Å². The van der Waals surface area contributed by atoms with Crippen LogP contribution in [0.3, 0.4) is 0 Å². The number of halogens is 1. The summed E-state index contributed by atoms with van der Waals surface area (Å²) < 4.78 is 65.0. The van der Waals surface area contributed by atoms with E-state index in [0.29, 0.717) is 6.42 Å². The average molecular weight is 367 g/mol. The molecule has 1 unspecified atom stereocenters. The van der Waals surface area contributed by atoms with Crippen molar-refractivity contribution in [3.05, 3.63) is 24.0 Å². The highest BCUT2D eigenvalue weighted by molar-refractivity contribution is 7.92. The van der Waals surface area contributed by atoms with Gasteiger partial charge in [-0.05, 0) is 24.6 Å². The summed E-state index contributed by atoms with van der Waals surface area (Å²) in [4.78, 5) is -0.288. The van der Waals surface area contributed by atoms with Crippen molar-refractivity contribution in [2.45, 2.75) is 37.1 Å². The lowest BCUT2D eigenvalue weighted by molar-refractivity contribution is 0.515. The first-order valence-electron chi connectivity index (χ1n) is 7.08. The number of anilines is 1. The Morgan fingerprint density at radius 3 is 2.39 bits per heavy atom. The summed E-state index contributed by atoms with van der Waals surface area (Å²) in [7, 11) is -7.59. The standard InChI is InChI=1S/C13H22FN3O4S2/c1-3-4-5-10(9-15)16-23(20,21)11-6-7-13(12(14)8-11)17-22(2,18)19/h6-8,10,16-17H,3-5,9,15H2,1-2H3. The fraction of sp³-hybridized carbons (Fsp3) is 0.538. The lowest BCUT2D eigenvalue weighted by Gasteiger charge is -2.17. The van der Waals surface area contributed by atoms with E-state index in [2.05, 4.69) is 4.72 Å². The lowest BCUT2D eigenvalue weighted by atomic mass is 10.1. The molecule has 1 rings (SSSR count). The van der Waals surface area contributed by atoms with Gasteiger partial charge in [0.15, 0.2) is 0 Å². The number of hydrogen-bond acceptors (Lipinski definition) is 5. The Kier molecular flexibility index (Phi) is 6.93. The topological polar surface area (TPSA) is 118 Å². The molecule has 132 valence electrons. The number of hydrogen-bond donors (Lipinski definition) is 3. The van der Waals surface area contributed by atoms with Crippen molar-refractivity contribution >= 4 is 25.7 Å². The van der Waals surface area contributed by atoms with E-state index < -0.39 is 31.9 Å². The Morgan fingerprint density at radius 1 is 1.26 bits per heavy atom. The van der Waals surface area contributed by atoms with Gasteiger partial charge in [-0.3, -0.25) is 4.72 Å². The first-order chi connectivity index (χ1) is 10.6. The van der Waals surface area contributed by atoms with E-state index in [1.807, 2.05) is 11.6 Å². The molecule has 0 radical (unpaired) electrons. The normalized spacial score (nSPS) is 13.7. The molecule has 0 aliphatic rings. The van der Waals surface area contributed by atoms with Gasteiger partial charge in [0.1, 0.15) is 5.82 Å². The molecule has 1 aromatic carbocycles. The molecule has 0 amide bonds. The predicted molar refractivity (Wildman–Crippen MR) is 87.6 cm³/mol. The third-order valence-corrected chi connectivity index (χ3v) is 5.17. The predicted octanol–water partition coefficient (Wildman–Crippen LogP) is 0.993. The fourth-order valence-corrected chi connectivity index (χ4v) is 3.77. The number of nitrogens with two attached hydrogens (primary N) is 1. The minimum atomic E-state index is -3.93. The molecule has 0 aliphatic heterocycles. The molecule has 1 atom stereocenters. The van der Waals surface area contributed by atoms with E-state index in [0.717, 1.165) is 37.3 Å². The zero-order chi connectivity index (χ0) is 17.7. The Labute approximate surface area is 136 Å². The minimum Gasteiger partial charge on any atom is -0.329 e. The summed E-state index contributed by atoms with van der Waals surface area (Å²) in [5.41, 5.74) is 5.23. The highest BCUT2D eigenvalue weighted by Gasteiger charge is 2.21. The lowest BCUT2D eigenvalue weighted by Crippen LogP contribution is -2.40. The zero-order valence-corrected chi connectivity index (χ0v) is 14.7. The first-order valence-corrected chi connectivity index (χ1v) is 10.5. The highest BCUT2D eigenvalue weighted by atomic mass is 32.2. The van der Waals surface area contributed by atoms with E-state index in [1.54, 1.807) is 0 Å². The molecule has 0 spiro atoms. The number of sulfonamides is 2. The van der Waals surface area contributed by atoms with Crippen molar-refractivity contribution in [2.75, 3.05) is 17.5 Å². The molecule has 0 saturated carbocycles. The second-order valence-electron chi connectivity index (χ2n) is 5.21. The van der Waals surface area contributed by atoms with E-state index in [9.17, 15) is 21.2 Å². The van der Waals surface area contributed by atoms with Crippen LogP contribution in [0.4, 0.5) is 10.1 Å². The highest BCUT2D eigenvalue weighted by Crippen LogP contribution is 2.20. The third kappa shape index (κ3) is 6.42. The fourth-order valence-electron chi connectivity index (χ4n) is 1.91. The zero-order valence-electron chi connectivity index (χ0n) is 13.0. The SMILES string of the molecule is CCCCC(CN)NS(=O)(=O)c1ccc(NS(C)(=O)=O)c(F)c1. The van der Waals surface area contributed by atoms with Crippen LogP contribution in [0.5, 0.6) is 0 Å². The summed E-state index contributed by atoms with van der Waals surface area (Å²) >= 11 is 0. The van der Waals surface area contributed by atoms with Crippen LogP contribution in [-0.4, -0.2) is 35.7 Å². The smallest absolute Gasteiger partial charge is 0.240 e. The summed E-state index contributed by atoms with van der Waals surface area (Å²) in [6, 6.07) is 2.53. The van der Waals surface area contributed by atoms with Crippen LogP contribution in [0.25, 0.3) is 0 Å². The number of nitrogens with one attached hydrogen (secondary N) is 2. The largest absolute Gasteiger partial charge is 0.329 e. The maximum atomic E-state index is 13.9. The molecule has 0 heterocycles. The van der Waals surface area contributed by atoms with Gasteiger partial charge in [-0.2, -0.15) is 0 Å². The van der Waals surface area contributed by atoms with Gasteiger partial charge in [0.05, 0.1) is 16.8 Å². The number of unbranched alkanes of at least 4 members (excludes halogenated alkanes) is 1. The van der Waals surface area contributed by atoms with Gasteiger partial charge in [0.2, 0.25) is 20.0 Å². The molecule has 0 bridgehead atoms. The molecule has 4 N–H and O–H groups in total. The molecule has 0 fully saturated rings. The van der Waals surface area contributed by atoms with Crippen LogP contribution < -0.4 is 15.2 Å². The second-order valence-corrected chi connectivity index (χ2v) is 8.67. The molecule has 7 nitrogen and oxygen atoms in total. The van der Waals surface area contributed by atoms with Gasteiger partial charge < -0.3 is 5.73 Å². The van der Waals surface area contributed by atoms with Crippen LogP contribution in [0.1, 0.15) is 26.2 Å². The maximum absolute atomic E-state index is 13.9. The molecular formula is C13H22FN3O4S2. The quantitative estimate of drug-likeness (QED) is 0.601. The van der Waals surface area contributed by atoms with Crippen LogP contribution in [-0.2, 0) is 20.0 Å². The van der Waals surface area contributed by atoms with Crippen LogP contribution >= 0.6 is 0 Å². The van der Waals surface area contributed by atoms with Crippen molar-refractivity contribution in [1.82, 2.24) is 4.72 Å². The van der Waals surface area contributed by atoms with Gasteiger partial charge in [0.25, 0.3) is 0 Å². The monoisotopic (exact) mass is 367 g/mol. The molecule has 0 aliphatic carbocycles. The molecule has 0 saturated heterocycles. The molecule has 10 heteroatoms. The van der Waals surface area contributed by atoms with Gasteiger partial charge >= 0.3 is 0 Å². The van der Waals surface area contributed by atoms with Crippen LogP contribution in [0.15, 0.2) is 23.1 Å². The van der Waals surface area contributed by atoms with Crippen LogP contribution in [0.2, 0.25) is 0 Å². The molecule has 23 heavy (non-hydrogen) atoms. The first kappa shape index (κ1) is 19.8. The van der Waals surface area contributed by atoms with Gasteiger partial charge in [-0.25, -0.2) is 25.9 Å². The maximum Gasteiger partial charge on any atom is 0.240 e. The van der Waals surface area contributed by atoms with Gasteiger partial charge in [0, 0.05) is 12.6 Å². The van der Waals surface area contributed by atoms with E-state index in [4.69, 9.17) is 5.73 Å². The average Bonchev–Trinajstić information content (AvgIpc) is 2.44. The number of rotatable bonds is 9. The molecule has 1 aromatic rings. The van der Waals surface area contributed by atoms with E-state index in [1.165, 1.54) is 0 Å². The van der Waals surface area contributed by atoms with Crippen molar-refractivity contribution in [1.29, 1.82) is 0 Å². The Balaban J connectivity index is 2.98. The van der Waals surface area contributed by atoms with Crippen molar-refractivity contribution < 1.29 is 21.2 Å². The second kappa shape index (κ2) is 8.04. The summed E-state index contributed by atoms with van der Waals surface area (Å²) in [5, 5.41) is 0. The van der Waals surface area contributed by atoms with E-state index in [-0.39, 0.29) is 17.1 Å². The minimum absolute atomic E-state index is 0.134. The molecule has 0 aromatic heterocycles. The van der Waals surface area contributed by atoms with Gasteiger partial charge in [-0.15, -0.1) is 0 Å². The summed E-state index contributed by atoms with van der Waals surface area (Å²) in [6.07, 6.45) is 3.18. The third-order valence-electron chi connectivity index (χ3n) is 3.06.